The largest absolute Gasteiger partial charge is 0.488 e. The first-order chi connectivity index (χ1) is 18.0. The minimum Gasteiger partial charge on any atom is -0.488 e. The highest BCUT2D eigenvalue weighted by atomic mass is 19.4. The van der Waals surface area contributed by atoms with E-state index in [1.807, 2.05) is 0 Å². The molecule has 0 radical (unpaired) electrons. The fourth-order valence-electron chi connectivity index (χ4n) is 4.27. The van der Waals surface area contributed by atoms with Gasteiger partial charge in [0, 0.05) is 36.8 Å². The van der Waals surface area contributed by atoms with E-state index in [9.17, 15) is 22.4 Å². The molecule has 38 heavy (non-hydrogen) atoms. The van der Waals surface area contributed by atoms with Gasteiger partial charge in [0.05, 0.1) is 23.5 Å². The van der Waals surface area contributed by atoms with Gasteiger partial charge in [-0.3, -0.25) is 10.3 Å². The first-order valence-corrected chi connectivity index (χ1v) is 11.8. The molecule has 1 aromatic carbocycles. The van der Waals surface area contributed by atoms with Crippen LogP contribution >= 0.6 is 0 Å². The summed E-state index contributed by atoms with van der Waals surface area (Å²) in [6.07, 6.45) is -3.24. The lowest BCUT2D eigenvalue weighted by atomic mass is 10.1. The Morgan fingerprint density at radius 1 is 1.26 bits per heavy atom. The van der Waals surface area contributed by atoms with Crippen LogP contribution in [0.4, 0.5) is 28.2 Å². The lowest BCUT2D eigenvalue weighted by Crippen LogP contribution is -2.40. The van der Waals surface area contributed by atoms with Gasteiger partial charge in [-0.15, -0.1) is 0 Å². The lowest BCUT2D eigenvalue weighted by molar-refractivity contribution is -0.183. The summed E-state index contributed by atoms with van der Waals surface area (Å²) in [4.78, 5) is 20.5. The average Bonchev–Trinajstić information content (AvgIpc) is 3.26. The molecule has 3 heterocycles. The molecule has 2 atom stereocenters. The summed E-state index contributed by atoms with van der Waals surface area (Å²) in [5.41, 5.74) is 3.56. The second-order valence-electron chi connectivity index (χ2n) is 9.10. The van der Waals surface area contributed by atoms with Crippen molar-refractivity contribution in [3.05, 3.63) is 59.7 Å². The fraction of sp³-hybridized carbons (Fsp3) is 0.360. The van der Waals surface area contributed by atoms with Crippen molar-refractivity contribution in [1.82, 2.24) is 20.2 Å². The van der Waals surface area contributed by atoms with Crippen molar-refractivity contribution in [2.75, 3.05) is 18.5 Å². The number of aromatic nitrogens is 2. The van der Waals surface area contributed by atoms with E-state index in [2.05, 4.69) is 25.8 Å². The maximum Gasteiger partial charge on any atom is 0.408 e. The number of nitrogens with one attached hydrogen (secondary N) is 2. The molecular formula is C25H26F4N6O3. The van der Waals surface area contributed by atoms with Gasteiger partial charge in [-0.25, -0.2) is 19.2 Å². The molecule has 1 aliphatic rings. The van der Waals surface area contributed by atoms with Gasteiger partial charge < -0.3 is 15.2 Å². The second-order valence-corrected chi connectivity index (χ2v) is 9.10. The zero-order valence-electron chi connectivity index (χ0n) is 20.5. The maximum atomic E-state index is 14.2. The van der Waals surface area contributed by atoms with Crippen LogP contribution in [0.2, 0.25) is 0 Å². The molecular weight excluding hydrogens is 508 g/mol. The number of nitrogens with zero attached hydrogens (tertiary/aromatic N) is 4. The number of benzene rings is 1. The van der Waals surface area contributed by atoms with E-state index in [-0.39, 0.29) is 42.7 Å². The second kappa shape index (κ2) is 11.2. The van der Waals surface area contributed by atoms with Crippen molar-refractivity contribution in [2.45, 2.75) is 44.6 Å². The Labute approximate surface area is 215 Å². The van der Waals surface area contributed by atoms with Gasteiger partial charge in [-0.1, -0.05) is 12.1 Å². The number of rotatable bonds is 8. The molecule has 1 aliphatic heterocycles. The van der Waals surface area contributed by atoms with E-state index in [0.717, 1.165) is 6.20 Å². The number of hydrogen-bond donors (Lipinski definition) is 3. The molecule has 0 saturated carbocycles. The van der Waals surface area contributed by atoms with E-state index >= 15 is 0 Å². The number of alkyl halides is 3. The first-order valence-electron chi connectivity index (χ1n) is 11.8. The van der Waals surface area contributed by atoms with Crippen molar-refractivity contribution in [3.8, 4) is 5.75 Å². The van der Waals surface area contributed by atoms with Crippen LogP contribution in [-0.4, -0.2) is 63.7 Å². The predicted molar refractivity (Wildman–Crippen MR) is 133 cm³/mol. The van der Waals surface area contributed by atoms with Crippen LogP contribution in [-0.2, 0) is 0 Å². The van der Waals surface area contributed by atoms with E-state index in [0.29, 0.717) is 16.6 Å². The number of ether oxygens (including phenoxy) is 1. The average molecular weight is 535 g/mol. The Morgan fingerprint density at radius 2 is 2.05 bits per heavy atom. The van der Waals surface area contributed by atoms with Crippen molar-refractivity contribution in [2.24, 2.45) is 5.10 Å². The number of halogens is 4. The summed E-state index contributed by atoms with van der Waals surface area (Å²) in [5, 5.41) is 15.7. The van der Waals surface area contributed by atoms with Crippen LogP contribution in [0, 0.1) is 5.82 Å². The Morgan fingerprint density at radius 3 is 2.71 bits per heavy atom. The quantitative estimate of drug-likeness (QED) is 0.213. The van der Waals surface area contributed by atoms with Crippen LogP contribution in [0.15, 0.2) is 47.7 Å². The lowest BCUT2D eigenvalue weighted by Gasteiger charge is -2.30. The molecule has 1 saturated heterocycles. The molecule has 1 unspecified atom stereocenters. The monoisotopic (exact) mass is 534 g/mol. The third-order valence-corrected chi connectivity index (χ3v) is 5.83. The number of hydrogen-bond acceptors (Lipinski definition) is 7. The summed E-state index contributed by atoms with van der Waals surface area (Å²) >= 11 is 0. The van der Waals surface area contributed by atoms with E-state index in [1.54, 1.807) is 26.0 Å². The molecule has 2 aromatic heterocycles. The minimum atomic E-state index is -4.57. The molecule has 9 nitrogen and oxygen atoms in total. The number of carboxylic acid groups (broad SMARTS) is 1. The highest BCUT2D eigenvalue weighted by Gasteiger charge is 2.47. The molecule has 0 spiro atoms. The topological polar surface area (TPSA) is 112 Å². The zero-order chi connectivity index (χ0) is 27.4. The van der Waals surface area contributed by atoms with Crippen molar-refractivity contribution in [1.29, 1.82) is 0 Å². The van der Waals surface area contributed by atoms with E-state index in [1.165, 1.54) is 35.4 Å². The number of carbonyl (C=O) groups is 1. The van der Waals surface area contributed by atoms with Gasteiger partial charge in [-0.2, -0.15) is 18.3 Å². The highest BCUT2D eigenvalue weighted by molar-refractivity contribution is 5.86. The maximum absolute atomic E-state index is 14.2. The smallest absolute Gasteiger partial charge is 0.408 e. The van der Waals surface area contributed by atoms with Crippen LogP contribution in [0.1, 0.15) is 37.6 Å². The molecule has 3 N–H and O–H groups in total. The molecule has 1 amide bonds. The molecule has 0 bridgehead atoms. The third-order valence-electron chi connectivity index (χ3n) is 5.83. The van der Waals surface area contributed by atoms with Gasteiger partial charge in [0.25, 0.3) is 0 Å². The molecule has 13 heteroatoms. The minimum absolute atomic E-state index is 0.0583. The van der Waals surface area contributed by atoms with Crippen LogP contribution in [0.5, 0.6) is 5.75 Å². The summed E-state index contributed by atoms with van der Waals surface area (Å²) in [7, 11) is 0. The normalized spacial score (nSPS) is 17.3. The Hall–Kier alpha value is -4.00. The van der Waals surface area contributed by atoms with Crippen molar-refractivity contribution >= 4 is 29.0 Å². The summed E-state index contributed by atoms with van der Waals surface area (Å²) in [5.74, 6) is -0.177. The molecule has 0 aliphatic carbocycles. The van der Waals surface area contributed by atoms with Gasteiger partial charge in [0.2, 0.25) is 0 Å². The zero-order valence-corrected chi connectivity index (χ0v) is 20.5. The number of hydrazone groups is 1. The summed E-state index contributed by atoms with van der Waals surface area (Å²) in [6.45, 7) is 3.61. The third kappa shape index (κ3) is 6.65. The van der Waals surface area contributed by atoms with Gasteiger partial charge >= 0.3 is 12.3 Å². The SMILES string of the molecule is CC(C)Oc1cc2nc(/C=N/Nc3ccc([C@@H](N4CCC(NC(=O)O)C4)C(F)(F)F)cn3)ccc2cc1F. The fourth-order valence-corrected chi connectivity index (χ4v) is 4.27. The standard InChI is InChI=1S/C25H26F4N6O3/c1-14(2)38-21-10-20-15(9-19(21)26)3-5-17(32-20)12-31-34-22-6-4-16(11-30-22)23(25(27,28)29)35-8-7-18(13-35)33-24(36)37/h3-6,9-12,14,18,23,33H,7-8,13H2,1-2H3,(H,30,34)(H,36,37)/b31-12+/t18?,23-/m1/s1. The molecule has 202 valence electrons. The predicted octanol–water partition coefficient (Wildman–Crippen LogP) is 4.95. The molecule has 3 aromatic rings. The number of amides is 1. The van der Waals surface area contributed by atoms with Crippen LogP contribution < -0.4 is 15.5 Å². The Balaban J connectivity index is 1.44. The van der Waals surface area contributed by atoms with Crippen LogP contribution in [0.3, 0.4) is 0 Å². The first kappa shape index (κ1) is 27.0. The number of likely N-dealkylation sites (tertiary alicyclic amines) is 1. The van der Waals surface area contributed by atoms with E-state index < -0.39 is 30.2 Å². The number of anilines is 1. The molecule has 4 rings (SSSR count). The summed E-state index contributed by atoms with van der Waals surface area (Å²) in [6, 6.07) is 6.37. The summed E-state index contributed by atoms with van der Waals surface area (Å²) < 4.78 is 61.3. The molecule has 1 fully saturated rings. The van der Waals surface area contributed by atoms with Crippen molar-refractivity contribution < 1.29 is 32.2 Å². The van der Waals surface area contributed by atoms with Gasteiger partial charge in [-0.05, 0) is 44.0 Å². The van der Waals surface area contributed by atoms with Gasteiger partial charge in [0.1, 0.15) is 11.9 Å². The van der Waals surface area contributed by atoms with Crippen molar-refractivity contribution in [3.63, 3.8) is 0 Å². The highest BCUT2D eigenvalue weighted by Crippen LogP contribution is 2.39. The van der Waals surface area contributed by atoms with Crippen LogP contribution in [0.25, 0.3) is 10.9 Å². The van der Waals surface area contributed by atoms with Gasteiger partial charge in [0.15, 0.2) is 11.6 Å². The Bertz CT molecular complexity index is 1320. The number of fused-ring (bicyclic) bond motifs is 1. The number of pyridine rings is 2. The Kier molecular flexibility index (Phi) is 7.95. The van der Waals surface area contributed by atoms with E-state index in [4.69, 9.17) is 9.84 Å².